The van der Waals surface area contributed by atoms with Gasteiger partial charge in [0.25, 0.3) is 0 Å². The molecule has 1 aromatic carbocycles. The van der Waals surface area contributed by atoms with Gasteiger partial charge in [0.2, 0.25) is 0 Å². The minimum absolute atomic E-state index is 0.309. The van der Waals surface area contributed by atoms with Gasteiger partial charge in [-0.25, -0.2) is 0 Å². The summed E-state index contributed by atoms with van der Waals surface area (Å²) < 4.78 is 5.65. The Hall–Kier alpha value is -1.02. The van der Waals surface area contributed by atoms with Gasteiger partial charge < -0.3 is 9.84 Å². The highest BCUT2D eigenvalue weighted by molar-refractivity contribution is 5.27. The van der Waals surface area contributed by atoms with E-state index in [1.165, 1.54) is 24.8 Å². The van der Waals surface area contributed by atoms with Crippen LogP contribution in [0.4, 0.5) is 0 Å². The molecule has 17 heavy (non-hydrogen) atoms. The lowest BCUT2D eigenvalue weighted by Crippen LogP contribution is -2.28. The molecule has 1 N–H and O–H groups in total. The Balaban J connectivity index is 1.80. The molecule has 0 saturated heterocycles. The molecular formula is C15H22O2. The number of benzene rings is 1. The number of aryl methyl sites for hydroxylation is 1. The van der Waals surface area contributed by atoms with E-state index in [1.54, 1.807) is 0 Å². The first kappa shape index (κ1) is 12.4. The zero-order valence-electron chi connectivity index (χ0n) is 10.6. The Morgan fingerprint density at radius 3 is 2.76 bits per heavy atom. The first-order chi connectivity index (χ1) is 8.25. The van der Waals surface area contributed by atoms with Crippen molar-refractivity contribution in [3.8, 4) is 5.75 Å². The van der Waals surface area contributed by atoms with Gasteiger partial charge in [-0.3, -0.25) is 0 Å². The summed E-state index contributed by atoms with van der Waals surface area (Å²) in [7, 11) is 0. The maximum atomic E-state index is 10.1. The molecule has 2 rings (SSSR count). The first-order valence-electron chi connectivity index (χ1n) is 6.63. The lowest BCUT2D eigenvalue weighted by Gasteiger charge is -2.26. The highest BCUT2D eigenvalue weighted by Crippen LogP contribution is 2.26. The van der Waals surface area contributed by atoms with Gasteiger partial charge in [0.05, 0.1) is 6.10 Å². The second kappa shape index (κ2) is 6.06. The number of aliphatic hydroxyl groups is 1. The Labute approximate surface area is 104 Å². The maximum absolute atomic E-state index is 10.1. The van der Waals surface area contributed by atoms with Crippen molar-refractivity contribution in [2.75, 3.05) is 6.61 Å². The van der Waals surface area contributed by atoms with E-state index in [0.717, 1.165) is 18.6 Å². The second-order valence-corrected chi connectivity index (χ2v) is 5.09. The van der Waals surface area contributed by atoms with Gasteiger partial charge >= 0.3 is 0 Å². The minimum Gasteiger partial charge on any atom is -0.491 e. The van der Waals surface area contributed by atoms with Crippen LogP contribution in [0, 0.1) is 12.8 Å². The van der Waals surface area contributed by atoms with Crippen LogP contribution in [0.15, 0.2) is 24.3 Å². The molecule has 94 valence electrons. The molecule has 0 bridgehead atoms. The van der Waals surface area contributed by atoms with Gasteiger partial charge in [-0.15, -0.1) is 0 Å². The summed E-state index contributed by atoms with van der Waals surface area (Å²) >= 11 is 0. The van der Waals surface area contributed by atoms with Crippen molar-refractivity contribution in [3.05, 3.63) is 29.8 Å². The fourth-order valence-electron chi connectivity index (χ4n) is 2.54. The minimum atomic E-state index is -0.309. The van der Waals surface area contributed by atoms with Crippen LogP contribution in [-0.2, 0) is 0 Å². The lowest BCUT2D eigenvalue weighted by atomic mass is 9.85. The van der Waals surface area contributed by atoms with E-state index in [9.17, 15) is 5.11 Å². The van der Waals surface area contributed by atoms with Crippen molar-refractivity contribution >= 4 is 0 Å². The van der Waals surface area contributed by atoms with Gasteiger partial charge in [0.15, 0.2) is 0 Å². The number of hydrogen-bond donors (Lipinski definition) is 1. The summed E-state index contributed by atoms with van der Waals surface area (Å²) in [6, 6.07) is 7.98. The normalized spacial score (nSPS) is 18.9. The molecular weight excluding hydrogens is 212 g/mol. The molecule has 2 heteroatoms. The highest BCUT2D eigenvalue weighted by atomic mass is 16.5. The quantitative estimate of drug-likeness (QED) is 0.866. The molecule has 0 heterocycles. The maximum Gasteiger partial charge on any atom is 0.119 e. The predicted molar refractivity (Wildman–Crippen MR) is 69.3 cm³/mol. The molecule has 1 fully saturated rings. The monoisotopic (exact) mass is 234 g/mol. The van der Waals surface area contributed by atoms with Gasteiger partial charge in [-0.1, -0.05) is 31.4 Å². The van der Waals surface area contributed by atoms with Crippen molar-refractivity contribution in [2.45, 2.75) is 45.1 Å². The Kier molecular flexibility index (Phi) is 4.43. The smallest absolute Gasteiger partial charge is 0.119 e. The zero-order chi connectivity index (χ0) is 12.1. The van der Waals surface area contributed by atoms with Gasteiger partial charge in [-0.2, -0.15) is 0 Å². The summed E-state index contributed by atoms with van der Waals surface area (Å²) in [6.45, 7) is 2.47. The molecule has 1 unspecified atom stereocenters. The van der Waals surface area contributed by atoms with Crippen molar-refractivity contribution in [1.29, 1.82) is 0 Å². The highest BCUT2D eigenvalue weighted by Gasteiger charge is 2.21. The summed E-state index contributed by atoms with van der Waals surface area (Å²) in [5.41, 5.74) is 1.19. The fourth-order valence-corrected chi connectivity index (χ4v) is 2.54. The summed E-state index contributed by atoms with van der Waals surface area (Å²) in [4.78, 5) is 0. The number of hydrogen-bond acceptors (Lipinski definition) is 2. The van der Waals surface area contributed by atoms with Gasteiger partial charge in [0.1, 0.15) is 12.4 Å². The Morgan fingerprint density at radius 1 is 1.29 bits per heavy atom. The second-order valence-electron chi connectivity index (χ2n) is 5.09. The summed E-state index contributed by atoms with van der Waals surface area (Å²) in [5, 5.41) is 10.1. The van der Waals surface area contributed by atoms with Crippen LogP contribution in [0.5, 0.6) is 5.75 Å². The topological polar surface area (TPSA) is 29.5 Å². The first-order valence-corrected chi connectivity index (χ1v) is 6.63. The third-order valence-corrected chi connectivity index (χ3v) is 3.60. The van der Waals surface area contributed by atoms with E-state index < -0.39 is 0 Å². The molecule has 2 nitrogen and oxygen atoms in total. The molecule has 0 radical (unpaired) electrons. The molecule has 0 spiro atoms. The average molecular weight is 234 g/mol. The van der Waals surface area contributed by atoms with E-state index in [-0.39, 0.29) is 6.10 Å². The summed E-state index contributed by atoms with van der Waals surface area (Å²) in [5.74, 6) is 1.30. The van der Waals surface area contributed by atoms with Crippen molar-refractivity contribution < 1.29 is 9.84 Å². The molecule has 0 aromatic heterocycles. The Morgan fingerprint density at radius 2 is 2.06 bits per heavy atom. The average Bonchev–Trinajstić information content (AvgIpc) is 2.37. The molecule has 1 atom stereocenters. The third kappa shape index (κ3) is 3.74. The molecule has 0 amide bonds. The molecule has 0 aliphatic heterocycles. The van der Waals surface area contributed by atoms with E-state index in [0.29, 0.717) is 12.5 Å². The van der Waals surface area contributed by atoms with Crippen molar-refractivity contribution in [1.82, 2.24) is 0 Å². The Bertz CT molecular complexity index is 343. The SMILES string of the molecule is Cc1cccc(OCC(O)C2CCCCC2)c1. The van der Waals surface area contributed by atoms with Crippen molar-refractivity contribution in [3.63, 3.8) is 0 Å². The molecule has 1 saturated carbocycles. The molecule has 1 aliphatic carbocycles. The number of rotatable bonds is 4. The van der Waals surface area contributed by atoms with Crippen LogP contribution in [0.1, 0.15) is 37.7 Å². The number of aliphatic hydroxyl groups excluding tert-OH is 1. The zero-order valence-corrected chi connectivity index (χ0v) is 10.6. The molecule has 1 aromatic rings. The van der Waals surface area contributed by atoms with Crippen LogP contribution in [0.2, 0.25) is 0 Å². The van der Waals surface area contributed by atoms with E-state index in [4.69, 9.17) is 4.74 Å². The fraction of sp³-hybridized carbons (Fsp3) is 0.600. The van der Waals surface area contributed by atoms with Crippen LogP contribution in [0.25, 0.3) is 0 Å². The van der Waals surface area contributed by atoms with Crippen LogP contribution in [-0.4, -0.2) is 17.8 Å². The van der Waals surface area contributed by atoms with Crippen LogP contribution >= 0.6 is 0 Å². The van der Waals surface area contributed by atoms with E-state index in [2.05, 4.69) is 0 Å². The summed E-state index contributed by atoms with van der Waals surface area (Å²) in [6.07, 6.45) is 5.83. The lowest BCUT2D eigenvalue weighted by molar-refractivity contribution is 0.0413. The molecule has 1 aliphatic rings. The van der Waals surface area contributed by atoms with Crippen LogP contribution in [0.3, 0.4) is 0 Å². The third-order valence-electron chi connectivity index (χ3n) is 3.60. The standard InChI is InChI=1S/C15H22O2/c1-12-6-5-9-14(10-12)17-11-15(16)13-7-3-2-4-8-13/h5-6,9-10,13,15-16H,2-4,7-8,11H2,1H3. The number of ether oxygens (including phenoxy) is 1. The predicted octanol–water partition coefficient (Wildman–Crippen LogP) is 3.32. The van der Waals surface area contributed by atoms with Gasteiger partial charge in [-0.05, 0) is 43.4 Å². The van der Waals surface area contributed by atoms with E-state index in [1.807, 2.05) is 31.2 Å². The van der Waals surface area contributed by atoms with Crippen LogP contribution < -0.4 is 4.74 Å². The van der Waals surface area contributed by atoms with E-state index >= 15 is 0 Å². The van der Waals surface area contributed by atoms with Gasteiger partial charge in [0, 0.05) is 0 Å². The van der Waals surface area contributed by atoms with Crippen molar-refractivity contribution in [2.24, 2.45) is 5.92 Å². The largest absolute Gasteiger partial charge is 0.491 e.